The van der Waals surface area contributed by atoms with Crippen molar-refractivity contribution in [3.05, 3.63) is 47.5 Å². The Hall–Kier alpha value is -2.50. The topological polar surface area (TPSA) is 79.2 Å². The number of pyridine rings is 1. The molecule has 0 aromatic carbocycles. The second-order valence-corrected chi connectivity index (χ2v) is 4.19. The number of hydrogen-bond donors (Lipinski definition) is 1. The normalized spacial score (nSPS) is 10.2. The SMILES string of the molecule is Cc1nc(N(C)Cc2cccnc2)ncc1C(=O)O. The Balaban J connectivity index is 2.18. The number of aryl methyl sites for hydroxylation is 1. The van der Waals surface area contributed by atoms with Gasteiger partial charge >= 0.3 is 5.97 Å². The van der Waals surface area contributed by atoms with Gasteiger partial charge in [-0.05, 0) is 18.6 Å². The van der Waals surface area contributed by atoms with E-state index in [2.05, 4.69) is 15.0 Å². The molecule has 19 heavy (non-hydrogen) atoms. The van der Waals surface area contributed by atoms with Crippen LogP contribution in [0.5, 0.6) is 0 Å². The van der Waals surface area contributed by atoms with E-state index in [1.54, 1.807) is 19.3 Å². The Kier molecular flexibility index (Phi) is 3.70. The standard InChI is InChI=1S/C13H14N4O2/c1-9-11(12(18)19)7-15-13(16-9)17(2)8-10-4-3-5-14-6-10/h3-7H,8H2,1-2H3,(H,18,19). The maximum Gasteiger partial charge on any atom is 0.339 e. The zero-order chi connectivity index (χ0) is 13.8. The van der Waals surface area contributed by atoms with E-state index in [0.29, 0.717) is 18.2 Å². The van der Waals surface area contributed by atoms with Gasteiger partial charge in [0.2, 0.25) is 5.95 Å². The van der Waals surface area contributed by atoms with Crippen LogP contribution in [0.3, 0.4) is 0 Å². The lowest BCUT2D eigenvalue weighted by atomic mass is 10.2. The molecule has 0 atom stereocenters. The maximum atomic E-state index is 10.9. The van der Waals surface area contributed by atoms with E-state index in [4.69, 9.17) is 5.11 Å². The molecule has 2 heterocycles. The van der Waals surface area contributed by atoms with Crippen molar-refractivity contribution in [3.8, 4) is 0 Å². The molecule has 0 saturated carbocycles. The molecule has 0 unspecified atom stereocenters. The Bertz CT molecular complexity index is 586. The minimum absolute atomic E-state index is 0.124. The monoisotopic (exact) mass is 258 g/mol. The molecule has 0 aliphatic heterocycles. The fourth-order valence-corrected chi connectivity index (χ4v) is 1.68. The lowest BCUT2D eigenvalue weighted by Gasteiger charge is -2.17. The van der Waals surface area contributed by atoms with E-state index in [-0.39, 0.29) is 5.56 Å². The number of aromatic carboxylic acids is 1. The van der Waals surface area contributed by atoms with Crippen molar-refractivity contribution in [2.24, 2.45) is 0 Å². The van der Waals surface area contributed by atoms with E-state index in [1.807, 2.05) is 24.1 Å². The van der Waals surface area contributed by atoms with Crippen LogP contribution in [0.1, 0.15) is 21.6 Å². The highest BCUT2D eigenvalue weighted by Gasteiger charge is 2.12. The third-order valence-electron chi connectivity index (χ3n) is 2.68. The van der Waals surface area contributed by atoms with E-state index < -0.39 is 5.97 Å². The van der Waals surface area contributed by atoms with Gasteiger partial charge in [-0.2, -0.15) is 0 Å². The number of nitrogens with zero attached hydrogens (tertiary/aromatic N) is 4. The van der Waals surface area contributed by atoms with Crippen LogP contribution in [0.25, 0.3) is 0 Å². The second kappa shape index (κ2) is 5.43. The van der Waals surface area contributed by atoms with E-state index in [9.17, 15) is 4.79 Å². The van der Waals surface area contributed by atoms with Crippen molar-refractivity contribution < 1.29 is 9.90 Å². The highest BCUT2D eigenvalue weighted by molar-refractivity contribution is 5.88. The summed E-state index contributed by atoms with van der Waals surface area (Å²) in [6.07, 6.45) is 4.82. The molecule has 0 saturated heterocycles. The van der Waals surface area contributed by atoms with Crippen LogP contribution in [0.4, 0.5) is 5.95 Å². The number of anilines is 1. The molecule has 0 radical (unpaired) electrons. The highest BCUT2D eigenvalue weighted by Crippen LogP contribution is 2.12. The summed E-state index contributed by atoms with van der Waals surface area (Å²) in [5.74, 6) is -0.523. The zero-order valence-corrected chi connectivity index (χ0v) is 10.7. The lowest BCUT2D eigenvalue weighted by Crippen LogP contribution is -2.20. The summed E-state index contributed by atoms with van der Waals surface area (Å²) in [4.78, 5) is 25.1. The third kappa shape index (κ3) is 3.04. The molecule has 0 bridgehead atoms. The first-order valence-electron chi connectivity index (χ1n) is 5.75. The van der Waals surface area contributed by atoms with Crippen LogP contribution >= 0.6 is 0 Å². The van der Waals surface area contributed by atoms with E-state index >= 15 is 0 Å². The summed E-state index contributed by atoms with van der Waals surface area (Å²) in [7, 11) is 1.85. The quantitative estimate of drug-likeness (QED) is 0.895. The molecule has 2 rings (SSSR count). The second-order valence-electron chi connectivity index (χ2n) is 4.19. The molecule has 2 aromatic rings. The summed E-state index contributed by atoms with van der Waals surface area (Å²) < 4.78 is 0. The number of rotatable bonds is 4. The van der Waals surface area contributed by atoms with Gasteiger partial charge in [0, 0.05) is 32.2 Å². The van der Waals surface area contributed by atoms with Crippen LogP contribution in [-0.4, -0.2) is 33.1 Å². The molecule has 6 heteroatoms. The van der Waals surface area contributed by atoms with Gasteiger partial charge in [-0.1, -0.05) is 6.07 Å². The Morgan fingerprint density at radius 2 is 2.21 bits per heavy atom. The van der Waals surface area contributed by atoms with Gasteiger partial charge in [0.1, 0.15) is 0 Å². The van der Waals surface area contributed by atoms with Crippen LogP contribution in [-0.2, 0) is 6.54 Å². The molecule has 0 spiro atoms. The fraction of sp³-hybridized carbons (Fsp3) is 0.231. The molecule has 1 N–H and O–H groups in total. The van der Waals surface area contributed by atoms with Crippen LogP contribution in [0.15, 0.2) is 30.7 Å². The molecule has 0 fully saturated rings. The molecule has 2 aromatic heterocycles. The molecular formula is C13H14N4O2. The Labute approximate surface area is 110 Å². The van der Waals surface area contributed by atoms with Gasteiger partial charge in [-0.25, -0.2) is 14.8 Å². The number of carboxylic acid groups (broad SMARTS) is 1. The Morgan fingerprint density at radius 3 is 2.79 bits per heavy atom. The van der Waals surface area contributed by atoms with Crippen molar-refractivity contribution >= 4 is 11.9 Å². The van der Waals surface area contributed by atoms with Gasteiger partial charge in [0.25, 0.3) is 0 Å². The van der Waals surface area contributed by atoms with Crippen molar-refractivity contribution in [2.75, 3.05) is 11.9 Å². The smallest absolute Gasteiger partial charge is 0.339 e. The summed E-state index contributed by atoms with van der Waals surface area (Å²) in [6.45, 7) is 2.27. The largest absolute Gasteiger partial charge is 0.478 e. The van der Waals surface area contributed by atoms with Gasteiger partial charge in [-0.3, -0.25) is 4.98 Å². The van der Waals surface area contributed by atoms with Crippen molar-refractivity contribution in [1.29, 1.82) is 0 Å². The first-order chi connectivity index (χ1) is 9.08. The van der Waals surface area contributed by atoms with Gasteiger partial charge in [0.05, 0.1) is 11.3 Å². The zero-order valence-electron chi connectivity index (χ0n) is 10.7. The third-order valence-corrected chi connectivity index (χ3v) is 2.68. The lowest BCUT2D eigenvalue weighted by molar-refractivity contribution is 0.0695. The molecular weight excluding hydrogens is 244 g/mol. The summed E-state index contributed by atoms with van der Waals surface area (Å²) in [6, 6.07) is 3.82. The predicted molar refractivity (Wildman–Crippen MR) is 70.1 cm³/mol. The number of aromatic nitrogens is 3. The highest BCUT2D eigenvalue weighted by atomic mass is 16.4. The van der Waals surface area contributed by atoms with Crippen LogP contribution in [0, 0.1) is 6.92 Å². The fourth-order valence-electron chi connectivity index (χ4n) is 1.68. The average molecular weight is 258 g/mol. The molecule has 0 amide bonds. The maximum absolute atomic E-state index is 10.9. The Morgan fingerprint density at radius 1 is 1.42 bits per heavy atom. The molecule has 0 aliphatic carbocycles. The number of carboxylic acids is 1. The minimum atomic E-state index is -1.01. The van der Waals surface area contributed by atoms with Gasteiger partial charge in [-0.15, -0.1) is 0 Å². The predicted octanol–water partition coefficient (Wildman–Crippen LogP) is 1.51. The molecule has 6 nitrogen and oxygen atoms in total. The summed E-state index contributed by atoms with van der Waals surface area (Å²) in [5.41, 5.74) is 1.61. The van der Waals surface area contributed by atoms with E-state index in [0.717, 1.165) is 5.56 Å². The minimum Gasteiger partial charge on any atom is -0.478 e. The van der Waals surface area contributed by atoms with Crippen molar-refractivity contribution in [1.82, 2.24) is 15.0 Å². The van der Waals surface area contributed by atoms with Gasteiger partial charge in [0.15, 0.2) is 0 Å². The van der Waals surface area contributed by atoms with Crippen molar-refractivity contribution in [3.63, 3.8) is 0 Å². The first kappa shape index (κ1) is 12.9. The van der Waals surface area contributed by atoms with Gasteiger partial charge < -0.3 is 10.0 Å². The summed E-state index contributed by atoms with van der Waals surface area (Å²) >= 11 is 0. The molecule has 0 aliphatic rings. The van der Waals surface area contributed by atoms with Crippen LogP contribution in [0.2, 0.25) is 0 Å². The molecule has 98 valence electrons. The van der Waals surface area contributed by atoms with E-state index in [1.165, 1.54) is 6.20 Å². The van der Waals surface area contributed by atoms with Crippen LogP contribution < -0.4 is 4.90 Å². The average Bonchev–Trinajstić information content (AvgIpc) is 2.39. The number of hydrogen-bond acceptors (Lipinski definition) is 5. The first-order valence-corrected chi connectivity index (χ1v) is 5.75. The number of carbonyl (C=O) groups is 1. The van der Waals surface area contributed by atoms with Crippen molar-refractivity contribution in [2.45, 2.75) is 13.5 Å². The summed E-state index contributed by atoms with van der Waals surface area (Å²) in [5, 5.41) is 8.93.